The van der Waals surface area contributed by atoms with Gasteiger partial charge in [0.25, 0.3) is 0 Å². The van der Waals surface area contributed by atoms with Crippen LogP contribution in [0.1, 0.15) is 90.1 Å². The van der Waals surface area contributed by atoms with Crippen molar-refractivity contribution in [1.29, 1.82) is 0 Å². The lowest BCUT2D eigenvalue weighted by Crippen LogP contribution is -2.58. The largest absolute Gasteiger partial charge is 0.143 e. The lowest BCUT2D eigenvalue weighted by atomic mass is 9.41. The number of hydrogen-bond donors (Lipinski definition) is 0. The monoisotopic (exact) mass is 358 g/mol. The first-order valence-electron chi connectivity index (χ1n) is 10.4. The predicted molar refractivity (Wildman–Crippen MR) is 104 cm³/mol. The van der Waals surface area contributed by atoms with Gasteiger partial charge in [0.1, 0.15) is 10.0 Å². The van der Waals surface area contributed by atoms with Crippen molar-refractivity contribution >= 4 is 11.3 Å². The van der Waals surface area contributed by atoms with Gasteiger partial charge < -0.3 is 0 Å². The van der Waals surface area contributed by atoms with Crippen LogP contribution in [0.2, 0.25) is 0 Å². The van der Waals surface area contributed by atoms with Crippen LogP contribution in [0.4, 0.5) is 0 Å². The zero-order valence-corrected chi connectivity index (χ0v) is 17.7. The Morgan fingerprint density at radius 3 is 1.44 bits per heavy atom. The maximum absolute atomic E-state index is 4.84. The summed E-state index contributed by atoms with van der Waals surface area (Å²) in [6.07, 6.45) is 8.20. The van der Waals surface area contributed by atoms with Crippen LogP contribution in [0.15, 0.2) is 0 Å². The predicted octanol–water partition coefficient (Wildman–Crippen LogP) is 5.97. The Morgan fingerprint density at radius 1 is 0.720 bits per heavy atom. The van der Waals surface area contributed by atoms with Gasteiger partial charge in [0.05, 0.1) is 0 Å². The van der Waals surface area contributed by atoms with Crippen molar-refractivity contribution in [1.82, 2.24) is 10.2 Å². The van der Waals surface area contributed by atoms with Crippen molar-refractivity contribution in [2.45, 2.75) is 90.9 Å². The quantitative estimate of drug-likeness (QED) is 0.651. The molecule has 6 atom stereocenters. The molecule has 25 heavy (non-hydrogen) atoms. The van der Waals surface area contributed by atoms with E-state index in [4.69, 9.17) is 10.2 Å². The van der Waals surface area contributed by atoms with E-state index in [9.17, 15) is 0 Å². The zero-order chi connectivity index (χ0) is 17.8. The van der Waals surface area contributed by atoms with Crippen molar-refractivity contribution in [3.8, 4) is 0 Å². The molecule has 6 unspecified atom stereocenters. The lowest BCUT2D eigenvalue weighted by molar-refractivity contribution is -0.116. The van der Waals surface area contributed by atoms with E-state index >= 15 is 0 Å². The van der Waals surface area contributed by atoms with E-state index < -0.39 is 0 Å². The molecule has 1 heterocycles. The topological polar surface area (TPSA) is 25.8 Å². The van der Waals surface area contributed by atoms with E-state index in [-0.39, 0.29) is 10.8 Å². The van der Waals surface area contributed by atoms with Gasteiger partial charge in [-0.1, -0.05) is 41.5 Å². The highest BCUT2D eigenvalue weighted by Crippen LogP contribution is 2.68. The molecule has 7 rings (SSSR count). The second-order valence-electron chi connectivity index (χ2n) is 11.4. The van der Waals surface area contributed by atoms with E-state index in [0.717, 1.165) is 23.7 Å². The average Bonchev–Trinajstić information content (AvgIpc) is 3.06. The van der Waals surface area contributed by atoms with Crippen LogP contribution in [0.25, 0.3) is 0 Å². The molecule has 6 fully saturated rings. The summed E-state index contributed by atoms with van der Waals surface area (Å²) in [5, 5.41) is 12.4. The molecule has 6 saturated carbocycles. The van der Waals surface area contributed by atoms with Gasteiger partial charge in [-0.3, -0.25) is 0 Å². The number of nitrogens with zero attached hydrogens (tertiary/aromatic N) is 2. The average molecular weight is 359 g/mol. The summed E-state index contributed by atoms with van der Waals surface area (Å²) in [6.45, 7) is 14.9. The molecule has 1 aromatic heterocycles. The standard InChI is InChI=1S/C22H34N2S/c1-19(2)13-7-9-21(5,15(19)11-13)17-23-24-18(25-17)22(6)10-8-14-12-16(22)20(14,3)4/h13-16H,7-12H2,1-6H3. The molecule has 0 saturated heterocycles. The molecule has 0 spiro atoms. The smallest absolute Gasteiger partial charge is 0.123 e. The van der Waals surface area contributed by atoms with Crippen LogP contribution in [0, 0.1) is 34.5 Å². The van der Waals surface area contributed by atoms with Crippen LogP contribution in [0.3, 0.4) is 0 Å². The van der Waals surface area contributed by atoms with Crippen LogP contribution < -0.4 is 0 Å². The van der Waals surface area contributed by atoms with Crippen LogP contribution in [0.5, 0.6) is 0 Å². The second-order valence-corrected chi connectivity index (χ2v) is 12.4. The third-order valence-electron chi connectivity index (χ3n) is 9.91. The van der Waals surface area contributed by atoms with Crippen molar-refractivity contribution < 1.29 is 0 Å². The highest BCUT2D eigenvalue weighted by atomic mass is 32.1. The molecule has 6 aliphatic rings. The van der Waals surface area contributed by atoms with E-state index in [0.29, 0.717) is 10.8 Å². The van der Waals surface area contributed by atoms with Crippen molar-refractivity contribution in [2.75, 3.05) is 0 Å². The molecular weight excluding hydrogens is 324 g/mol. The molecule has 0 amide bonds. The number of fused-ring (bicyclic) bond motifs is 4. The van der Waals surface area contributed by atoms with Gasteiger partial charge in [0, 0.05) is 10.8 Å². The fourth-order valence-corrected chi connectivity index (χ4v) is 8.97. The number of rotatable bonds is 2. The third-order valence-corrected chi connectivity index (χ3v) is 11.4. The Morgan fingerprint density at radius 2 is 1.12 bits per heavy atom. The van der Waals surface area contributed by atoms with Gasteiger partial charge >= 0.3 is 0 Å². The lowest BCUT2D eigenvalue weighted by Gasteiger charge is -2.64. The Bertz CT molecular complexity index is 657. The van der Waals surface area contributed by atoms with Crippen molar-refractivity contribution in [3.63, 3.8) is 0 Å². The minimum atomic E-state index is 0.261. The van der Waals surface area contributed by atoms with Gasteiger partial charge in [-0.2, -0.15) is 0 Å². The first-order chi connectivity index (χ1) is 11.6. The first-order valence-corrected chi connectivity index (χ1v) is 11.3. The summed E-state index contributed by atoms with van der Waals surface area (Å²) in [7, 11) is 0. The van der Waals surface area contributed by atoms with E-state index in [2.05, 4.69) is 41.5 Å². The highest BCUT2D eigenvalue weighted by Gasteiger charge is 2.63. The molecular formula is C22H34N2S. The molecule has 0 aromatic carbocycles. The Balaban J connectivity index is 1.48. The van der Waals surface area contributed by atoms with E-state index in [1.54, 1.807) is 0 Å². The SMILES string of the molecule is CC1(c2nnc(C3(C)CCC4CC3C4(C)C)s2)CCC2CC1C2(C)C. The molecule has 1 aromatic rings. The zero-order valence-electron chi connectivity index (χ0n) is 16.9. The van der Waals surface area contributed by atoms with Crippen LogP contribution in [-0.2, 0) is 10.8 Å². The Kier molecular flexibility index (Phi) is 3.14. The maximum atomic E-state index is 4.84. The molecule has 0 radical (unpaired) electrons. The Labute approximate surface area is 157 Å². The van der Waals surface area contributed by atoms with Crippen LogP contribution in [-0.4, -0.2) is 10.2 Å². The van der Waals surface area contributed by atoms with Crippen molar-refractivity contribution in [2.24, 2.45) is 34.5 Å². The third kappa shape index (κ3) is 1.87. The minimum absolute atomic E-state index is 0.261. The fraction of sp³-hybridized carbons (Fsp3) is 0.909. The molecule has 2 nitrogen and oxygen atoms in total. The van der Waals surface area contributed by atoms with Crippen molar-refractivity contribution in [3.05, 3.63) is 10.0 Å². The molecule has 6 aliphatic carbocycles. The summed E-state index contributed by atoms with van der Waals surface area (Å²) in [4.78, 5) is 0. The van der Waals surface area contributed by atoms with Gasteiger partial charge in [0.15, 0.2) is 0 Å². The summed E-state index contributed by atoms with van der Waals surface area (Å²) < 4.78 is 0. The summed E-state index contributed by atoms with van der Waals surface area (Å²) >= 11 is 1.98. The second kappa shape index (κ2) is 4.69. The number of aromatic nitrogens is 2. The van der Waals surface area contributed by atoms with Gasteiger partial charge in [-0.05, 0) is 73.0 Å². The van der Waals surface area contributed by atoms with E-state index in [1.807, 2.05) is 11.3 Å². The molecule has 0 N–H and O–H groups in total. The maximum Gasteiger partial charge on any atom is 0.123 e. The minimum Gasteiger partial charge on any atom is -0.143 e. The van der Waals surface area contributed by atoms with Gasteiger partial charge in [-0.25, -0.2) is 0 Å². The van der Waals surface area contributed by atoms with Crippen LogP contribution >= 0.6 is 11.3 Å². The molecule has 0 aliphatic heterocycles. The van der Waals surface area contributed by atoms with E-state index in [1.165, 1.54) is 48.5 Å². The first kappa shape index (κ1) is 16.7. The molecule has 3 heteroatoms. The number of hydrogen-bond acceptors (Lipinski definition) is 3. The summed E-state index contributed by atoms with van der Waals surface area (Å²) in [5.74, 6) is 3.48. The molecule has 138 valence electrons. The molecule has 4 bridgehead atoms. The fourth-order valence-electron chi connectivity index (χ4n) is 7.67. The summed E-state index contributed by atoms with van der Waals surface area (Å²) in [5.41, 5.74) is 1.52. The highest BCUT2D eigenvalue weighted by molar-refractivity contribution is 7.11. The van der Waals surface area contributed by atoms with Gasteiger partial charge in [0.2, 0.25) is 0 Å². The normalized spacial score (nSPS) is 49.2. The van der Waals surface area contributed by atoms with Gasteiger partial charge in [-0.15, -0.1) is 21.5 Å². The summed E-state index contributed by atoms with van der Waals surface area (Å²) in [6, 6.07) is 0. The Hall–Kier alpha value is -0.440.